The topological polar surface area (TPSA) is 70.3 Å². The molecule has 0 fully saturated rings. The number of nitriles is 1. The van der Waals surface area contributed by atoms with E-state index < -0.39 is 12.6 Å². The van der Waals surface area contributed by atoms with Gasteiger partial charge in [0.05, 0.1) is 5.56 Å². The first-order valence-electron chi connectivity index (χ1n) is 3.99. The van der Waals surface area contributed by atoms with E-state index in [-0.39, 0.29) is 0 Å². The van der Waals surface area contributed by atoms with Crippen molar-refractivity contribution in [2.45, 2.75) is 6.92 Å². The molecule has 0 aliphatic rings. The predicted molar refractivity (Wildman–Crippen MR) is 49.0 cm³/mol. The molecule has 1 aromatic carbocycles. The maximum atomic E-state index is 10.2. The Bertz CT molecular complexity index is 393. The van der Waals surface area contributed by atoms with Gasteiger partial charge in [0, 0.05) is 0 Å². The van der Waals surface area contributed by atoms with Crippen molar-refractivity contribution in [2.75, 3.05) is 6.61 Å². The van der Waals surface area contributed by atoms with Crippen molar-refractivity contribution in [3.63, 3.8) is 0 Å². The Morgan fingerprint density at radius 3 is 2.93 bits per heavy atom. The zero-order valence-electron chi connectivity index (χ0n) is 7.65. The Balaban J connectivity index is 2.87. The quantitative estimate of drug-likeness (QED) is 0.782. The summed E-state index contributed by atoms with van der Waals surface area (Å²) in [5.41, 5.74) is 1.29. The van der Waals surface area contributed by atoms with Gasteiger partial charge in [-0.05, 0) is 24.6 Å². The summed E-state index contributed by atoms with van der Waals surface area (Å²) in [6.45, 7) is 1.42. The van der Waals surface area contributed by atoms with Crippen molar-refractivity contribution >= 4 is 5.97 Å². The second-order valence-electron chi connectivity index (χ2n) is 2.79. The second-order valence-corrected chi connectivity index (χ2v) is 2.79. The molecule has 0 radical (unpaired) electrons. The van der Waals surface area contributed by atoms with Crippen LogP contribution in [0.15, 0.2) is 18.2 Å². The van der Waals surface area contributed by atoms with Gasteiger partial charge in [0.1, 0.15) is 11.8 Å². The van der Waals surface area contributed by atoms with Crippen LogP contribution >= 0.6 is 0 Å². The average Bonchev–Trinajstić information content (AvgIpc) is 2.15. The maximum absolute atomic E-state index is 10.2. The van der Waals surface area contributed by atoms with Crippen LogP contribution in [0.5, 0.6) is 5.75 Å². The molecule has 0 spiro atoms. The number of ether oxygens (including phenoxy) is 1. The third kappa shape index (κ3) is 2.49. The molecule has 0 bridgehead atoms. The highest BCUT2D eigenvalue weighted by atomic mass is 16.5. The lowest BCUT2D eigenvalue weighted by Gasteiger charge is -2.05. The number of carbonyl (C=O) groups is 1. The monoisotopic (exact) mass is 191 g/mol. The predicted octanol–water partition coefficient (Wildman–Crippen LogP) is 1.33. The van der Waals surface area contributed by atoms with Crippen molar-refractivity contribution in [3.8, 4) is 11.8 Å². The summed E-state index contributed by atoms with van der Waals surface area (Å²) < 4.78 is 4.92. The van der Waals surface area contributed by atoms with Gasteiger partial charge < -0.3 is 9.84 Å². The summed E-state index contributed by atoms with van der Waals surface area (Å²) in [7, 11) is 0. The van der Waals surface area contributed by atoms with Gasteiger partial charge >= 0.3 is 5.97 Å². The lowest BCUT2D eigenvalue weighted by Crippen LogP contribution is -2.10. The highest BCUT2D eigenvalue weighted by Gasteiger charge is 2.05. The van der Waals surface area contributed by atoms with Gasteiger partial charge in [-0.25, -0.2) is 4.79 Å². The second kappa shape index (κ2) is 4.28. The van der Waals surface area contributed by atoms with Gasteiger partial charge in [-0.15, -0.1) is 0 Å². The number of aliphatic carboxylic acids is 1. The molecule has 0 saturated carbocycles. The van der Waals surface area contributed by atoms with E-state index in [9.17, 15) is 4.79 Å². The molecular formula is C10H9NO3. The van der Waals surface area contributed by atoms with Gasteiger partial charge in [-0.2, -0.15) is 5.26 Å². The minimum absolute atomic E-state index is 0.306. The summed E-state index contributed by atoms with van der Waals surface area (Å²) in [6, 6.07) is 6.95. The van der Waals surface area contributed by atoms with Crippen molar-refractivity contribution < 1.29 is 14.6 Å². The molecule has 0 saturated heterocycles. The molecule has 4 heteroatoms. The Morgan fingerprint density at radius 1 is 1.64 bits per heavy atom. The van der Waals surface area contributed by atoms with E-state index >= 15 is 0 Å². The lowest BCUT2D eigenvalue weighted by atomic mass is 10.1. The minimum Gasteiger partial charge on any atom is -0.481 e. The van der Waals surface area contributed by atoms with Gasteiger partial charge in [-0.1, -0.05) is 6.07 Å². The van der Waals surface area contributed by atoms with Crippen LogP contribution in [0.2, 0.25) is 0 Å². The van der Waals surface area contributed by atoms with E-state index in [1.54, 1.807) is 18.2 Å². The van der Waals surface area contributed by atoms with Crippen molar-refractivity contribution in [1.29, 1.82) is 5.26 Å². The maximum Gasteiger partial charge on any atom is 0.341 e. The van der Waals surface area contributed by atoms with Crippen molar-refractivity contribution in [2.24, 2.45) is 0 Å². The Kier molecular flexibility index (Phi) is 3.08. The van der Waals surface area contributed by atoms with E-state index in [1.807, 2.05) is 13.0 Å². The molecule has 0 aliphatic heterocycles. The van der Waals surface area contributed by atoms with Crippen LogP contribution in [0.1, 0.15) is 11.1 Å². The summed E-state index contributed by atoms with van der Waals surface area (Å²) in [6.07, 6.45) is 0. The van der Waals surface area contributed by atoms with E-state index in [2.05, 4.69) is 0 Å². The van der Waals surface area contributed by atoms with Crippen LogP contribution in [0.3, 0.4) is 0 Å². The van der Waals surface area contributed by atoms with Crippen LogP contribution in [0.25, 0.3) is 0 Å². The third-order valence-electron chi connectivity index (χ3n) is 1.61. The lowest BCUT2D eigenvalue weighted by molar-refractivity contribution is -0.139. The number of carboxylic acids is 1. The van der Waals surface area contributed by atoms with E-state index in [1.165, 1.54) is 0 Å². The zero-order chi connectivity index (χ0) is 10.6. The summed E-state index contributed by atoms with van der Waals surface area (Å²) >= 11 is 0. The molecular weight excluding hydrogens is 182 g/mol. The summed E-state index contributed by atoms with van der Waals surface area (Å²) in [5.74, 6) is -0.755. The molecule has 14 heavy (non-hydrogen) atoms. The average molecular weight is 191 g/mol. The Labute approximate surface area is 81.4 Å². The van der Waals surface area contributed by atoms with Crippen LogP contribution in [-0.2, 0) is 4.79 Å². The molecule has 0 atom stereocenters. The Hall–Kier alpha value is -2.02. The third-order valence-corrected chi connectivity index (χ3v) is 1.61. The van der Waals surface area contributed by atoms with Crippen LogP contribution < -0.4 is 4.74 Å². The van der Waals surface area contributed by atoms with Crippen molar-refractivity contribution in [3.05, 3.63) is 29.3 Å². The number of carboxylic acid groups (broad SMARTS) is 1. The number of benzene rings is 1. The summed E-state index contributed by atoms with van der Waals surface area (Å²) in [4.78, 5) is 10.2. The van der Waals surface area contributed by atoms with Crippen LogP contribution in [0, 0.1) is 18.3 Å². The highest BCUT2D eigenvalue weighted by Crippen LogP contribution is 2.18. The zero-order valence-corrected chi connectivity index (χ0v) is 7.65. The molecule has 1 rings (SSSR count). The molecule has 0 aromatic heterocycles. The van der Waals surface area contributed by atoms with Gasteiger partial charge in [0.25, 0.3) is 0 Å². The first kappa shape index (κ1) is 10.1. The van der Waals surface area contributed by atoms with Crippen LogP contribution in [0.4, 0.5) is 0 Å². The van der Waals surface area contributed by atoms with E-state index in [0.29, 0.717) is 11.3 Å². The molecule has 0 aliphatic carbocycles. The number of hydrogen-bond donors (Lipinski definition) is 1. The fourth-order valence-corrected chi connectivity index (χ4v) is 0.997. The standard InChI is InChI=1S/C10H9NO3/c1-7-2-3-9(8(4-7)5-11)14-6-10(12)13/h2-4H,6H2,1H3,(H,12,13). The molecule has 0 unspecified atom stereocenters. The number of nitrogens with zero attached hydrogens (tertiary/aromatic N) is 1. The van der Waals surface area contributed by atoms with Crippen LogP contribution in [-0.4, -0.2) is 17.7 Å². The smallest absolute Gasteiger partial charge is 0.341 e. The summed E-state index contributed by atoms with van der Waals surface area (Å²) in [5, 5.41) is 17.1. The highest BCUT2D eigenvalue weighted by molar-refractivity contribution is 5.68. The first-order chi connectivity index (χ1) is 6.63. The molecule has 0 amide bonds. The molecule has 72 valence electrons. The van der Waals surface area contributed by atoms with Crippen molar-refractivity contribution in [1.82, 2.24) is 0 Å². The Morgan fingerprint density at radius 2 is 2.36 bits per heavy atom. The van der Waals surface area contributed by atoms with E-state index in [0.717, 1.165) is 5.56 Å². The number of aryl methyl sites for hydroxylation is 1. The van der Waals surface area contributed by atoms with E-state index in [4.69, 9.17) is 15.1 Å². The number of hydrogen-bond acceptors (Lipinski definition) is 3. The SMILES string of the molecule is Cc1ccc(OCC(=O)O)c(C#N)c1. The van der Waals surface area contributed by atoms with Gasteiger partial charge in [-0.3, -0.25) is 0 Å². The molecule has 1 N–H and O–H groups in total. The molecule has 0 heterocycles. The minimum atomic E-state index is -1.06. The van der Waals surface area contributed by atoms with Gasteiger partial charge in [0.15, 0.2) is 6.61 Å². The first-order valence-corrected chi connectivity index (χ1v) is 3.99. The fraction of sp³-hybridized carbons (Fsp3) is 0.200. The fourth-order valence-electron chi connectivity index (χ4n) is 0.997. The number of rotatable bonds is 3. The largest absolute Gasteiger partial charge is 0.481 e. The molecule has 1 aromatic rings. The van der Waals surface area contributed by atoms with Gasteiger partial charge in [0.2, 0.25) is 0 Å². The molecule has 4 nitrogen and oxygen atoms in total. The normalized spacial score (nSPS) is 9.14.